The summed E-state index contributed by atoms with van der Waals surface area (Å²) >= 11 is 5.25. The number of nitrogens with one attached hydrogen (secondary N) is 1. The van der Waals surface area contributed by atoms with E-state index in [0.717, 1.165) is 30.7 Å². The van der Waals surface area contributed by atoms with E-state index in [-0.39, 0.29) is 0 Å². The van der Waals surface area contributed by atoms with E-state index in [4.69, 9.17) is 21.7 Å². The second-order valence-corrected chi connectivity index (χ2v) is 6.66. The minimum atomic E-state index is -0.449. The number of unbranched alkanes of at least 4 members (excludes halogenated alkanes) is 1. The average molecular weight is 410 g/mol. The Morgan fingerprint density at radius 1 is 1.24 bits per heavy atom. The fraction of sp³-hybridized carbons (Fsp3) is 0.238. The van der Waals surface area contributed by atoms with Gasteiger partial charge in [0.05, 0.1) is 18.9 Å². The predicted octanol–water partition coefficient (Wildman–Crippen LogP) is 4.39. The smallest absolute Gasteiger partial charge is 0.343 e. The zero-order chi connectivity index (χ0) is 20.6. The van der Waals surface area contributed by atoms with Gasteiger partial charge in [0, 0.05) is 6.42 Å². The number of aromatic nitrogens is 3. The molecule has 3 rings (SSSR count). The molecule has 0 aliphatic rings. The second kappa shape index (κ2) is 9.79. The van der Waals surface area contributed by atoms with Crippen LogP contribution in [0.5, 0.6) is 11.5 Å². The topological polar surface area (TPSA) is 81.5 Å². The fourth-order valence-corrected chi connectivity index (χ4v) is 2.84. The Kier molecular flexibility index (Phi) is 6.91. The highest BCUT2D eigenvalue weighted by molar-refractivity contribution is 7.71. The van der Waals surface area contributed by atoms with E-state index in [9.17, 15) is 4.79 Å². The fourth-order valence-electron chi connectivity index (χ4n) is 2.65. The number of aryl methyl sites for hydroxylation is 1. The largest absolute Gasteiger partial charge is 0.493 e. The first-order valence-corrected chi connectivity index (χ1v) is 9.69. The SMILES string of the molecule is CCCCc1n[nH]c(=S)n1/N=C\c1ccc(OC(=O)c2ccccc2)c(OC)c1. The van der Waals surface area contributed by atoms with Crippen molar-refractivity contribution in [3.05, 3.63) is 70.3 Å². The predicted molar refractivity (Wildman–Crippen MR) is 113 cm³/mol. The van der Waals surface area contributed by atoms with Gasteiger partial charge in [-0.2, -0.15) is 14.9 Å². The number of nitrogens with zero attached hydrogens (tertiary/aromatic N) is 3. The standard InChI is InChI=1S/C21H22N4O3S/c1-3-4-10-19-23-24-21(29)25(19)22-14-15-11-12-17(18(13-15)27-2)28-20(26)16-8-6-5-7-9-16/h5-9,11-14H,3-4,10H2,1-2H3,(H,24,29)/b22-14-. The van der Waals surface area contributed by atoms with Crippen LogP contribution >= 0.6 is 12.2 Å². The van der Waals surface area contributed by atoms with Crippen molar-refractivity contribution in [1.82, 2.24) is 14.9 Å². The van der Waals surface area contributed by atoms with Gasteiger partial charge < -0.3 is 9.47 Å². The van der Waals surface area contributed by atoms with Crippen molar-refractivity contribution in [1.29, 1.82) is 0 Å². The number of hydrogen-bond donors (Lipinski definition) is 1. The molecule has 0 aliphatic carbocycles. The molecule has 29 heavy (non-hydrogen) atoms. The van der Waals surface area contributed by atoms with E-state index in [2.05, 4.69) is 22.2 Å². The molecule has 0 fully saturated rings. The molecule has 2 aromatic carbocycles. The summed E-state index contributed by atoms with van der Waals surface area (Å²) in [5, 5.41) is 11.4. The maximum atomic E-state index is 12.3. The highest BCUT2D eigenvalue weighted by Gasteiger charge is 2.12. The second-order valence-electron chi connectivity index (χ2n) is 6.27. The highest BCUT2D eigenvalue weighted by Crippen LogP contribution is 2.28. The Morgan fingerprint density at radius 3 is 2.76 bits per heavy atom. The number of benzene rings is 2. The van der Waals surface area contributed by atoms with E-state index in [1.54, 1.807) is 53.4 Å². The molecule has 0 saturated heterocycles. The molecule has 0 bridgehead atoms. The van der Waals surface area contributed by atoms with Crippen LogP contribution in [0.2, 0.25) is 0 Å². The molecule has 7 nitrogen and oxygen atoms in total. The van der Waals surface area contributed by atoms with Crippen LogP contribution in [0.15, 0.2) is 53.6 Å². The summed E-state index contributed by atoms with van der Waals surface area (Å²) in [6.45, 7) is 2.12. The van der Waals surface area contributed by atoms with Crippen molar-refractivity contribution in [2.24, 2.45) is 5.10 Å². The van der Waals surface area contributed by atoms with Gasteiger partial charge in [-0.1, -0.05) is 31.5 Å². The van der Waals surface area contributed by atoms with Gasteiger partial charge in [0.15, 0.2) is 17.3 Å². The molecular formula is C21H22N4O3S. The third-order valence-electron chi connectivity index (χ3n) is 4.19. The molecule has 0 saturated carbocycles. The monoisotopic (exact) mass is 410 g/mol. The van der Waals surface area contributed by atoms with Gasteiger partial charge in [0.25, 0.3) is 0 Å². The van der Waals surface area contributed by atoms with Crippen molar-refractivity contribution in [2.45, 2.75) is 26.2 Å². The Labute approximate surface area is 174 Å². The molecule has 1 aromatic heterocycles. The van der Waals surface area contributed by atoms with Crippen LogP contribution in [-0.4, -0.2) is 34.2 Å². The third-order valence-corrected chi connectivity index (χ3v) is 4.46. The van der Waals surface area contributed by atoms with E-state index < -0.39 is 5.97 Å². The van der Waals surface area contributed by atoms with Crippen LogP contribution in [0.4, 0.5) is 0 Å². The summed E-state index contributed by atoms with van der Waals surface area (Å²) in [5.41, 5.74) is 1.24. The number of hydrogen-bond acceptors (Lipinski definition) is 6. The van der Waals surface area contributed by atoms with Gasteiger partial charge in [0.2, 0.25) is 4.77 Å². The lowest BCUT2D eigenvalue weighted by molar-refractivity contribution is 0.0729. The summed E-state index contributed by atoms with van der Waals surface area (Å²) < 4.78 is 12.9. The van der Waals surface area contributed by atoms with E-state index in [0.29, 0.717) is 21.8 Å². The summed E-state index contributed by atoms with van der Waals surface area (Å²) in [5.74, 6) is 1.10. The van der Waals surface area contributed by atoms with E-state index >= 15 is 0 Å². The molecule has 1 heterocycles. The minimum absolute atomic E-state index is 0.335. The van der Waals surface area contributed by atoms with Crippen LogP contribution in [0.25, 0.3) is 0 Å². The summed E-state index contributed by atoms with van der Waals surface area (Å²) in [4.78, 5) is 12.3. The summed E-state index contributed by atoms with van der Waals surface area (Å²) in [6, 6.07) is 14.0. The van der Waals surface area contributed by atoms with Crippen LogP contribution in [0.3, 0.4) is 0 Å². The van der Waals surface area contributed by atoms with Crippen molar-refractivity contribution in [3.8, 4) is 11.5 Å². The molecule has 0 amide bonds. The molecule has 0 aliphatic heterocycles. The Hall–Kier alpha value is -3.26. The summed E-state index contributed by atoms with van der Waals surface area (Å²) in [6.07, 6.45) is 4.51. The molecule has 1 N–H and O–H groups in total. The molecule has 0 radical (unpaired) electrons. The first kappa shape index (κ1) is 20.5. The zero-order valence-corrected chi connectivity index (χ0v) is 17.1. The van der Waals surface area contributed by atoms with Crippen molar-refractivity contribution in [3.63, 3.8) is 0 Å². The summed E-state index contributed by atoms with van der Waals surface area (Å²) in [7, 11) is 1.52. The van der Waals surface area contributed by atoms with Gasteiger partial charge in [-0.05, 0) is 54.5 Å². The number of H-pyrrole nitrogens is 1. The van der Waals surface area contributed by atoms with Gasteiger partial charge in [-0.15, -0.1) is 0 Å². The van der Waals surface area contributed by atoms with Crippen LogP contribution in [0.1, 0.15) is 41.5 Å². The third kappa shape index (κ3) is 5.17. The van der Waals surface area contributed by atoms with Crippen LogP contribution < -0.4 is 9.47 Å². The van der Waals surface area contributed by atoms with E-state index in [1.165, 1.54) is 7.11 Å². The lowest BCUT2D eigenvalue weighted by atomic mass is 10.2. The van der Waals surface area contributed by atoms with Gasteiger partial charge in [-0.25, -0.2) is 4.79 Å². The molecule has 0 spiro atoms. The number of carbonyl (C=O) groups is 1. The molecule has 150 valence electrons. The van der Waals surface area contributed by atoms with Crippen molar-refractivity contribution >= 4 is 24.4 Å². The number of carbonyl (C=O) groups excluding carboxylic acids is 1. The Balaban J connectivity index is 1.79. The molecular weight excluding hydrogens is 388 g/mol. The lowest BCUT2D eigenvalue weighted by Crippen LogP contribution is -2.09. The van der Waals surface area contributed by atoms with Crippen molar-refractivity contribution < 1.29 is 14.3 Å². The average Bonchev–Trinajstić information content (AvgIpc) is 3.11. The number of aromatic amines is 1. The number of ether oxygens (including phenoxy) is 2. The van der Waals surface area contributed by atoms with E-state index in [1.807, 2.05) is 6.07 Å². The number of esters is 1. The molecule has 0 atom stereocenters. The maximum Gasteiger partial charge on any atom is 0.343 e. The number of methoxy groups -OCH3 is 1. The van der Waals surface area contributed by atoms with Crippen molar-refractivity contribution in [2.75, 3.05) is 7.11 Å². The molecule has 0 unspecified atom stereocenters. The first-order chi connectivity index (χ1) is 14.1. The number of rotatable bonds is 8. The lowest BCUT2D eigenvalue weighted by Gasteiger charge is -2.10. The molecule has 8 heteroatoms. The Bertz CT molecular complexity index is 1060. The Morgan fingerprint density at radius 2 is 2.03 bits per heavy atom. The van der Waals surface area contributed by atoms with Gasteiger partial charge >= 0.3 is 5.97 Å². The van der Waals surface area contributed by atoms with Gasteiger partial charge in [-0.3, -0.25) is 5.10 Å². The zero-order valence-electron chi connectivity index (χ0n) is 16.3. The van der Waals surface area contributed by atoms with Gasteiger partial charge in [0.1, 0.15) is 0 Å². The highest BCUT2D eigenvalue weighted by atomic mass is 32.1. The maximum absolute atomic E-state index is 12.3. The molecule has 3 aromatic rings. The normalized spacial score (nSPS) is 11.0. The quantitative estimate of drug-likeness (QED) is 0.258. The first-order valence-electron chi connectivity index (χ1n) is 9.28. The van der Waals surface area contributed by atoms with Crippen LogP contribution in [-0.2, 0) is 6.42 Å². The minimum Gasteiger partial charge on any atom is -0.493 e. The van der Waals surface area contributed by atoms with Crippen LogP contribution in [0, 0.1) is 4.77 Å².